The fourth-order valence-corrected chi connectivity index (χ4v) is 1.89. The summed E-state index contributed by atoms with van der Waals surface area (Å²) in [6.45, 7) is 2.36. The van der Waals surface area contributed by atoms with Crippen molar-refractivity contribution in [3.63, 3.8) is 0 Å². The van der Waals surface area contributed by atoms with Crippen LogP contribution < -0.4 is 5.32 Å². The van der Waals surface area contributed by atoms with E-state index in [2.05, 4.69) is 5.32 Å². The van der Waals surface area contributed by atoms with Crippen LogP contribution in [0.5, 0.6) is 0 Å². The third-order valence-electron chi connectivity index (χ3n) is 2.93. The van der Waals surface area contributed by atoms with E-state index in [1.807, 2.05) is 30.3 Å². The van der Waals surface area contributed by atoms with Gasteiger partial charge < -0.3 is 5.32 Å². The average Bonchev–Trinajstić information content (AvgIpc) is 2.45. The first-order valence-corrected chi connectivity index (χ1v) is 6.31. The van der Waals surface area contributed by atoms with E-state index < -0.39 is 0 Å². The molecule has 19 heavy (non-hydrogen) atoms. The van der Waals surface area contributed by atoms with E-state index >= 15 is 0 Å². The fraction of sp³-hybridized carbons (Fsp3) is 0.188. The van der Waals surface area contributed by atoms with Crippen molar-refractivity contribution in [2.75, 3.05) is 5.32 Å². The predicted molar refractivity (Wildman–Crippen MR) is 74.8 cm³/mol. The number of anilines is 1. The van der Waals surface area contributed by atoms with Crippen molar-refractivity contribution in [2.45, 2.75) is 19.9 Å². The third kappa shape index (κ3) is 3.41. The third-order valence-corrected chi connectivity index (χ3v) is 2.93. The van der Waals surface area contributed by atoms with Gasteiger partial charge in [-0.3, -0.25) is 4.79 Å². The van der Waals surface area contributed by atoms with Crippen LogP contribution >= 0.6 is 0 Å². The van der Waals surface area contributed by atoms with E-state index in [-0.39, 0.29) is 11.6 Å². The van der Waals surface area contributed by atoms with Crippen molar-refractivity contribution in [2.24, 2.45) is 0 Å². The van der Waals surface area contributed by atoms with Gasteiger partial charge in [0.2, 0.25) is 0 Å². The number of benzene rings is 2. The van der Waals surface area contributed by atoms with Gasteiger partial charge in [-0.05, 0) is 23.8 Å². The maximum Gasteiger partial charge on any atom is 0.164 e. The Labute approximate surface area is 112 Å². The van der Waals surface area contributed by atoms with Gasteiger partial charge in [0.1, 0.15) is 5.82 Å². The van der Waals surface area contributed by atoms with Gasteiger partial charge in [-0.1, -0.05) is 37.3 Å². The molecule has 0 aliphatic rings. The number of hydrogen-bond donors (Lipinski definition) is 1. The summed E-state index contributed by atoms with van der Waals surface area (Å²) in [5, 5.41) is 3.12. The van der Waals surface area contributed by atoms with E-state index in [4.69, 9.17) is 0 Å². The highest BCUT2D eigenvalue weighted by Crippen LogP contribution is 2.19. The minimum absolute atomic E-state index is 0.00978. The molecule has 0 atom stereocenters. The lowest BCUT2D eigenvalue weighted by atomic mass is 10.1. The number of nitrogens with one attached hydrogen (secondary N) is 1. The fourth-order valence-electron chi connectivity index (χ4n) is 1.89. The quantitative estimate of drug-likeness (QED) is 0.819. The molecule has 0 aliphatic heterocycles. The Hall–Kier alpha value is -2.16. The molecule has 0 radical (unpaired) electrons. The molecule has 0 spiro atoms. The number of hydrogen-bond acceptors (Lipinski definition) is 2. The molecule has 0 saturated carbocycles. The minimum Gasteiger partial charge on any atom is -0.380 e. The van der Waals surface area contributed by atoms with Gasteiger partial charge in [0, 0.05) is 24.2 Å². The second-order valence-corrected chi connectivity index (χ2v) is 4.31. The molecule has 98 valence electrons. The highest BCUT2D eigenvalue weighted by molar-refractivity contribution is 6.01. The van der Waals surface area contributed by atoms with Crippen LogP contribution in [0.3, 0.4) is 0 Å². The number of rotatable bonds is 5. The van der Waals surface area contributed by atoms with Crippen LogP contribution in [0.15, 0.2) is 48.5 Å². The van der Waals surface area contributed by atoms with Gasteiger partial charge in [-0.25, -0.2) is 4.39 Å². The smallest absolute Gasteiger partial charge is 0.164 e. The highest BCUT2D eigenvalue weighted by Gasteiger charge is 2.10. The number of carbonyl (C=O) groups is 1. The van der Waals surface area contributed by atoms with E-state index in [0.717, 1.165) is 5.56 Å². The molecule has 0 amide bonds. The zero-order valence-electron chi connectivity index (χ0n) is 10.8. The molecule has 2 rings (SSSR count). The molecule has 0 heterocycles. The summed E-state index contributed by atoms with van der Waals surface area (Å²) in [5.74, 6) is -0.334. The second-order valence-electron chi connectivity index (χ2n) is 4.31. The summed E-state index contributed by atoms with van der Waals surface area (Å²) in [5.41, 5.74) is 2.18. The van der Waals surface area contributed by atoms with Crippen LogP contribution in [0.25, 0.3) is 0 Å². The maximum atomic E-state index is 13.3. The molecule has 1 N–H and O–H groups in total. The molecule has 0 saturated heterocycles. The lowest BCUT2D eigenvalue weighted by molar-refractivity contribution is 0.0989. The molecule has 0 fully saturated rings. The highest BCUT2D eigenvalue weighted by atomic mass is 19.1. The topological polar surface area (TPSA) is 29.1 Å². The molecule has 0 aromatic heterocycles. The molecule has 2 aromatic carbocycles. The van der Waals surface area contributed by atoms with Crippen molar-refractivity contribution in [1.82, 2.24) is 0 Å². The Morgan fingerprint density at radius 3 is 2.58 bits per heavy atom. The van der Waals surface area contributed by atoms with Crippen molar-refractivity contribution in [3.8, 4) is 0 Å². The number of Topliss-reactive ketones (excluding diaryl/α,β-unsaturated/α-hetero) is 1. The number of carbonyl (C=O) groups excluding carboxylic acids is 1. The lowest BCUT2D eigenvalue weighted by Crippen LogP contribution is -2.06. The standard InChI is InChI=1S/C16H16FNO/c1-2-16(19)14-9-8-13(17)10-15(14)18-11-12-6-4-3-5-7-12/h3-10,18H,2,11H2,1H3. The van der Waals surface area contributed by atoms with Crippen LogP contribution in [0, 0.1) is 5.82 Å². The van der Waals surface area contributed by atoms with Crippen LogP contribution in [-0.2, 0) is 6.54 Å². The Morgan fingerprint density at radius 2 is 1.89 bits per heavy atom. The van der Waals surface area contributed by atoms with Gasteiger partial charge in [-0.2, -0.15) is 0 Å². The second kappa shape index (κ2) is 6.14. The van der Waals surface area contributed by atoms with Crippen LogP contribution in [0.4, 0.5) is 10.1 Å². The Balaban J connectivity index is 2.19. The van der Waals surface area contributed by atoms with Gasteiger partial charge in [0.25, 0.3) is 0 Å². The largest absolute Gasteiger partial charge is 0.380 e. The molecule has 0 bridgehead atoms. The van der Waals surface area contributed by atoms with Crippen LogP contribution in [0.2, 0.25) is 0 Å². The molecule has 2 aromatic rings. The minimum atomic E-state index is -0.344. The number of halogens is 1. The Kier molecular flexibility index (Phi) is 4.29. The zero-order valence-corrected chi connectivity index (χ0v) is 10.8. The molecule has 3 heteroatoms. The monoisotopic (exact) mass is 257 g/mol. The van der Waals surface area contributed by atoms with Crippen molar-refractivity contribution in [3.05, 3.63) is 65.5 Å². The van der Waals surface area contributed by atoms with Gasteiger partial charge in [0.15, 0.2) is 5.78 Å². The first kappa shape index (κ1) is 13.3. The lowest BCUT2D eigenvalue weighted by Gasteiger charge is -2.11. The van der Waals surface area contributed by atoms with Gasteiger partial charge in [0.05, 0.1) is 0 Å². The molecule has 0 aliphatic carbocycles. The summed E-state index contributed by atoms with van der Waals surface area (Å²) in [6.07, 6.45) is 0.408. The van der Waals surface area contributed by atoms with E-state index in [1.165, 1.54) is 18.2 Å². The van der Waals surface area contributed by atoms with Crippen LogP contribution in [0.1, 0.15) is 29.3 Å². The molecular weight excluding hydrogens is 241 g/mol. The van der Waals surface area contributed by atoms with Gasteiger partial charge >= 0.3 is 0 Å². The summed E-state index contributed by atoms with van der Waals surface area (Å²) in [6, 6.07) is 14.0. The Morgan fingerprint density at radius 1 is 1.16 bits per heavy atom. The van der Waals surface area contributed by atoms with Crippen molar-refractivity contribution < 1.29 is 9.18 Å². The molecule has 2 nitrogen and oxygen atoms in total. The normalized spacial score (nSPS) is 10.2. The van der Waals surface area contributed by atoms with E-state index in [9.17, 15) is 9.18 Å². The summed E-state index contributed by atoms with van der Waals surface area (Å²) in [7, 11) is 0. The summed E-state index contributed by atoms with van der Waals surface area (Å²) in [4.78, 5) is 11.8. The molecular formula is C16H16FNO. The van der Waals surface area contributed by atoms with Crippen LogP contribution in [-0.4, -0.2) is 5.78 Å². The summed E-state index contributed by atoms with van der Waals surface area (Å²) < 4.78 is 13.3. The van der Waals surface area contributed by atoms with Crippen molar-refractivity contribution in [1.29, 1.82) is 0 Å². The Bertz CT molecular complexity index is 566. The summed E-state index contributed by atoms with van der Waals surface area (Å²) >= 11 is 0. The van der Waals surface area contributed by atoms with Crippen molar-refractivity contribution >= 4 is 11.5 Å². The maximum absolute atomic E-state index is 13.3. The number of ketones is 1. The predicted octanol–water partition coefficient (Wildman–Crippen LogP) is 4.03. The average molecular weight is 257 g/mol. The first-order chi connectivity index (χ1) is 9.20. The first-order valence-electron chi connectivity index (χ1n) is 6.31. The van der Waals surface area contributed by atoms with Gasteiger partial charge in [-0.15, -0.1) is 0 Å². The van der Waals surface area contributed by atoms with E-state index in [0.29, 0.717) is 24.2 Å². The SMILES string of the molecule is CCC(=O)c1ccc(F)cc1NCc1ccccc1. The zero-order chi connectivity index (χ0) is 13.7. The van der Waals surface area contributed by atoms with E-state index in [1.54, 1.807) is 6.92 Å². The molecule has 0 unspecified atom stereocenters.